The third-order valence-electron chi connectivity index (χ3n) is 2.96. The molecule has 17 heavy (non-hydrogen) atoms. The standard InChI is InChI=1S/C13H19N3O/c17-13(9-12-3-1-4-15-10-12)11-16-7-2-5-14-6-8-16/h1,3-4,10,14H,2,5-9,11H2. The molecular weight excluding hydrogens is 214 g/mol. The summed E-state index contributed by atoms with van der Waals surface area (Å²) in [5, 5.41) is 3.34. The van der Waals surface area contributed by atoms with Crippen molar-refractivity contribution < 1.29 is 4.79 Å². The first-order chi connectivity index (χ1) is 8.34. The lowest BCUT2D eigenvalue weighted by Gasteiger charge is -2.18. The molecule has 0 bridgehead atoms. The molecular formula is C13H19N3O. The molecule has 0 amide bonds. The Morgan fingerprint density at radius 1 is 1.41 bits per heavy atom. The van der Waals surface area contributed by atoms with Gasteiger partial charge < -0.3 is 5.32 Å². The zero-order valence-corrected chi connectivity index (χ0v) is 10.1. The summed E-state index contributed by atoms with van der Waals surface area (Å²) in [4.78, 5) is 18.2. The fourth-order valence-corrected chi connectivity index (χ4v) is 2.10. The first kappa shape index (κ1) is 12.2. The highest BCUT2D eigenvalue weighted by atomic mass is 16.1. The van der Waals surface area contributed by atoms with Crippen LogP contribution >= 0.6 is 0 Å². The summed E-state index contributed by atoms with van der Waals surface area (Å²) in [6.07, 6.45) is 5.12. The minimum atomic E-state index is 0.278. The van der Waals surface area contributed by atoms with E-state index in [1.807, 2.05) is 12.1 Å². The zero-order valence-electron chi connectivity index (χ0n) is 10.1. The molecule has 2 rings (SSSR count). The van der Waals surface area contributed by atoms with Gasteiger partial charge in [-0.3, -0.25) is 14.7 Å². The molecule has 1 saturated heterocycles. The number of carbonyl (C=O) groups is 1. The van der Waals surface area contributed by atoms with Crippen LogP contribution in [0, 0.1) is 0 Å². The molecule has 0 aromatic carbocycles. The molecule has 2 heterocycles. The van der Waals surface area contributed by atoms with Crippen molar-refractivity contribution in [3.05, 3.63) is 30.1 Å². The largest absolute Gasteiger partial charge is 0.315 e. The van der Waals surface area contributed by atoms with E-state index in [2.05, 4.69) is 15.2 Å². The molecule has 0 spiro atoms. The molecule has 0 aliphatic carbocycles. The van der Waals surface area contributed by atoms with Gasteiger partial charge in [0.15, 0.2) is 5.78 Å². The van der Waals surface area contributed by atoms with Gasteiger partial charge in [-0.25, -0.2) is 0 Å². The molecule has 1 fully saturated rings. The second kappa shape index (κ2) is 6.47. The number of nitrogens with one attached hydrogen (secondary N) is 1. The lowest BCUT2D eigenvalue weighted by molar-refractivity contribution is -0.119. The highest BCUT2D eigenvalue weighted by Gasteiger charge is 2.12. The number of nitrogens with zero attached hydrogens (tertiary/aromatic N) is 2. The average Bonchev–Trinajstić information content (AvgIpc) is 2.59. The van der Waals surface area contributed by atoms with Crippen LogP contribution in [0.3, 0.4) is 0 Å². The maximum Gasteiger partial charge on any atom is 0.151 e. The number of pyridine rings is 1. The highest BCUT2D eigenvalue weighted by Crippen LogP contribution is 2.01. The van der Waals surface area contributed by atoms with Gasteiger partial charge in [0.05, 0.1) is 6.54 Å². The van der Waals surface area contributed by atoms with E-state index < -0.39 is 0 Å². The van der Waals surface area contributed by atoms with Crippen molar-refractivity contribution in [3.63, 3.8) is 0 Å². The Balaban J connectivity index is 1.80. The van der Waals surface area contributed by atoms with E-state index in [-0.39, 0.29) is 5.78 Å². The molecule has 1 aromatic rings. The topological polar surface area (TPSA) is 45.2 Å². The second-order valence-corrected chi connectivity index (χ2v) is 4.46. The van der Waals surface area contributed by atoms with Crippen LogP contribution in [0.25, 0.3) is 0 Å². The second-order valence-electron chi connectivity index (χ2n) is 4.46. The third kappa shape index (κ3) is 4.24. The summed E-state index contributed by atoms with van der Waals surface area (Å²) in [5.41, 5.74) is 1.01. The van der Waals surface area contributed by atoms with Crippen molar-refractivity contribution in [3.8, 4) is 0 Å². The van der Waals surface area contributed by atoms with Gasteiger partial charge in [0.1, 0.15) is 0 Å². The molecule has 1 aliphatic rings. The molecule has 0 saturated carbocycles. The summed E-state index contributed by atoms with van der Waals surface area (Å²) >= 11 is 0. The van der Waals surface area contributed by atoms with Crippen LogP contribution < -0.4 is 5.32 Å². The van der Waals surface area contributed by atoms with E-state index in [9.17, 15) is 4.79 Å². The fraction of sp³-hybridized carbons (Fsp3) is 0.538. The summed E-state index contributed by atoms with van der Waals surface area (Å²) in [5.74, 6) is 0.278. The molecule has 4 heteroatoms. The van der Waals surface area contributed by atoms with Crippen LogP contribution in [-0.2, 0) is 11.2 Å². The third-order valence-corrected chi connectivity index (χ3v) is 2.96. The lowest BCUT2D eigenvalue weighted by Crippen LogP contribution is -2.33. The van der Waals surface area contributed by atoms with E-state index in [1.165, 1.54) is 0 Å². The molecule has 4 nitrogen and oxygen atoms in total. The summed E-state index contributed by atoms with van der Waals surface area (Å²) in [6.45, 7) is 4.61. The summed E-state index contributed by atoms with van der Waals surface area (Å²) in [6, 6.07) is 3.83. The summed E-state index contributed by atoms with van der Waals surface area (Å²) in [7, 11) is 0. The van der Waals surface area contributed by atoms with Gasteiger partial charge in [-0.1, -0.05) is 6.07 Å². The zero-order chi connectivity index (χ0) is 11.9. The minimum Gasteiger partial charge on any atom is -0.315 e. The molecule has 0 atom stereocenters. The summed E-state index contributed by atoms with van der Waals surface area (Å²) < 4.78 is 0. The quantitative estimate of drug-likeness (QED) is 0.822. The fourth-order valence-electron chi connectivity index (χ4n) is 2.10. The Morgan fingerprint density at radius 3 is 3.18 bits per heavy atom. The van der Waals surface area contributed by atoms with E-state index >= 15 is 0 Å². The first-order valence-corrected chi connectivity index (χ1v) is 6.18. The van der Waals surface area contributed by atoms with Gasteiger partial charge in [-0.05, 0) is 31.1 Å². The van der Waals surface area contributed by atoms with Gasteiger partial charge in [0, 0.05) is 31.9 Å². The number of Topliss-reactive ketones (excluding diaryl/α,β-unsaturated/α-hetero) is 1. The van der Waals surface area contributed by atoms with E-state index in [0.717, 1.165) is 38.2 Å². The maximum absolute atomic E-state index is 11.9. The van der Waals surface area contributed by atoms with Crippen LogP contribution in [0.15, 0.2) is 24.5 Å². The number of aromatic nitrogens is 1. The Labute approximate surface area is 102 Å². The van der Waals surface area contributed by atoms with E-state index in [1.54, 1.807) is 12.4 Å². The van der Waals surface area contributed by atoms with Crippen LogP contribution in [0.2, 0.25) is 0 Å². The van der Waals surface area contributed by atoms with Gasteiger partial charge in [0.25, 0.3) is 0 Å². The Morgan fingerprint density at radius 2 is 2.35 bits per heavy atom. The Hall–Kier alpha value is -1.26. The van der Waals surface area contributed by atoms with E-state index in [0.29, 0.717) is 13.0 Å². The predicted octanol–water partition coefficient (Wildman–Crippen LogP) is 0.488. The number of hydrogen-bond donors (Lipinski definition) is 1. The Bertz CT molecular complexity index is 345. The van der Waals surface area contributed by atoms with Crippen molar-refractivity contribution in [2.75, 3.05) is 32.7 Å². The van der Waals surface area contributed by atoms with Crippen LogP contribution in [-0.4, -0.2) is 48.4 Å². The van der Waals surface area contributed by atoms with Crippen molar-refractivity contribution >= 4 is 5.78 Å². The van der Waals surface area contributed by atoms with Gasteiger partial charge >= 0.3 is 0 Å². The molecule has 92 valence electrons. The number of rotatable bonds is 4. The number of carbonyl (C=O) groups excluding carboxylic acids is 1. The van der Waals surface area contributed by atoms with Gasteiger partial charge in [-0.2, -0.15) is 0 Å². The molecule has 0 radical (unpaired) electrons. The maximum atomic E-state index is 11.9. The van der Waals surface area contributed by atoms with Crippen LogP contribution in [0.1, 0.15) is 12.0 Å². The first-order valence-electron chi connectivity index (χ1n) is 6.18. The van der Waals surface area contributed by atoms with E-state index in [4.69, 9.17) is 0 Å². The van der Waals surface area contributed by atoms with Crippen molar-refractivity contribution in [2.24, 2.45) is 0 Å². The Kier molecular flexibility index (Phi) is 4.64. The SMILES string of the molecule is O=C(Cc1cccnc1)CN1CCCNCC1. The molecule has 0 unspecified atom stereocenters. The predicted molar refractivity (Wildman–Crippen MR) is 66.9 cm³/mol. The minimum absolute atomic E-state index is 0.278. The van der Waals surface area contributed by atoms with Crippen molar-refractivity contribution in [1.82, 2.24) is 15.2 Å². The normalized spacial score (nSPS) is 17.6. The smallest absolute Gasteiger partial charge is 0.151 e. The number of hydrogen-bond acceptors (Lipinski definition) is 4. The lowest BCUT2D eigenvalue weighted by atomic mass is 10.1. The van der Waals surface area contributed by atoms with Crippen molar-refractivity contribution in [1.29, 1.82) is 0 Å². The number of ketones is 1. The molecule has 1 aliphatic heterocycles. The molecule has 1 N–H and O–H groups in total. The highest BCUT2D eigenvalue weighted by molar-refractivity contribution is 5.82. The van der Waals surface area contributed by atoms with Crippen LogP contribution in [0.4, 0.5) is 0 Å². The van der Waals surface area contributed by atoms with Crippen molar-refractivity contribution in [2.45, 2.75) is 12.8 Å². The van der Waals surface area contributed by atoms with Gasteiger partial charge in [0.2, 0.25) is 0 Å². The van der Waals surface area contributed by atoms with Gasteiger partial charge in [-0.15, -0.1) is 0 Å². The van der Waals surface area contributed by atoms with Crippen LogP contribution in [0.5, 0.6) is 0 Å². The monoisotopic (exact) mass is 233 g/mol. The average molecular weight is 233 g/mol. The molecule has 1 aromatic heterocycles.